The maximum atomic E-state index is 13.6. The van der Waals surface area contributed by atoms with E-state index < -0.39 is 0 Å². The van der Waals surface area contributed by atoms with Crippen molar-refractivity contribution >= 4 is 34.4 Å². The molecule has 0 aliphatic carbocycles. The van der Waals surface area contributed by atoms with E-state index >= 15 is 0 Å². The van der Waals surface area contributed by atoms with Gasteiger partial charge in [0, 0.05) is 21.9 Å². The number of imidazole rings is 1. The molecular formula is C24H18ClN3O. The third-order valence-corrected chi connectivity index (χ3v) is 5.66. The monoisotopic (exact) mass is 399 g/mol. The number of carbonyl (C=O) groups is 1. The highest BCUT2D eigenvalue weighted by atomic mass is 35.5. The first-order valence-electron chi connectivity index (χ1n) is 9.44. The molecule has 142 valence electrons. The van der Waals surface area contributed by atoms with E-state index in [4.69, 9.17) is 16.6 Å². The zero-order valence-corrected chi connectivity index (χ0v) is 16.5. The Balaban J connectivity index is 1.79. The van der Waals surface area contributed by atoms with Gasteiger partial charge in [0.05, 0.1) is 17.1 Å². The average molecular weight is 400 g/mol. The minimum Gasteiger partial charge on any atom is -0.329 e. The number of carbonyl (C=O) groups excluding carboxylic acids is 1. The Morgan fingerprint density at radius 3 is 2.45 bits per heavy atom. The van der Waals surface area contributed by atoms with E-state index in [1.165, 1.54) is 0 Å². The molecule has 0 saturated heterocycles. The van der Waals surface area contributed by atoms with Crippen LogP contribution >= 0.6 is 11.6 Å². The SMILES string of the molecule is CC1=C(C(=O)c2ccccc2)[C@@H](c2ccccc2Cl)n2c(nc3ccccc32)N1. The minimum atomic E-state index is -0.375. The third kappa shape index (κ3) is 2.84. The van der Waals surface area contributed by atoms with Gasteiger partial charge in [0.25, 0.3) is 0 Å². The van der Waals surface area contributed by atoms with Gasteiger partial charge in [-0.05, 0) is 30.7 Å². The first-order valence-corrected chi connectivity index (χ1v) is 9.82. The molecule has 0 radical (unpaired) electrons. The summed E-state index contributed by atoms with van der Waals surface area (Å²) in [5.41, 5.74) is 4.79. The van der Waals surface area contributed by atoms with E-state index in [-0.39, 0.29) is 11.8 Å². The normalized spacial score (nSPS) is 15.9. The quantitative estimate of drug-likeness (QED) is 0.439. The lowest BCUT2D eigenvalue weighted by atomic mass is 9.89. The van der Waals surface area contributed by atoms with E-state index in [1.54, 1.807) is 0 Å². The van der Waals surface area contributed by atoms with E-state index in [9.17, 15) is 4.79 Å². The number of fused-ring (bicyclic) bond motifs is 3. The summed E-state index contributed by atoms with van der Waals surface area (Å²) in [6, 6.07) is 24.6. The van der Waals surface area contributed by atoms with Gasteiger partial charge in [0.1, 0.15) is 0 Å². The van der Waals surface area contributed by atoms with Gasteiger partial charge in [-0.1, -0.05) is 72.3 Å². The molecule has 1 N–H and O–H groups in total. The highest BCUT2D eigenvalue weighted by Crippen LogP contribution is 2.42. The smallest absolute Gasteiger partial charge is 0.209 e. The summed E-state index contributed by atoms with van der Waals surface area (Å²) >= 11 is 6.62. The van der Waals surface area contributed by atoms with Gasteiger partial charge in [-0.3, -0.25) is 9.36 Å². The number of hydrogen-bond donors (Lipinski definition) is 1. The van der Waals surface area contributed by atoms with Crippen LogP contribution in [-0.2, 0) is 0 Å². The number of hydrogen-bond acceptors (Lipinski definition) is 3. The number of Topliss-reactive ketones (excluding diaryl/α,β-unsaturated/α-hetero) is 1. The summed E-state index contributed by atoms with van der Waals surface area (Å²) in [4.78, 5) is 18.3. The summed E-state index contributed by atoms with van der Waals surface area (Å²) in [6.45, 7) is 1.92. The second-order valence-electron chi connectivity index (χ2n) is 7.08. The van der Waals surface area contributed by atoms with Gasteiger partial charge in [0.15, 0.2) is 5.78 Å². The largest absolute Gasteiger partial charge is 0.329 e. The molecule has 0 unspecified atom stereocenters. The van der Waals surface area contributed by atoms with E-state index in [0.29, 0.717) is 22.1 Å². The van der Waals surface area contributed by atoms with Crippen molar-refractivity contribution in [1.82, 2.24) is 9.55 Å². The van der Waals surface area contributed by atoms with Crippen molar-refractivity contribution in [2.75, 3.05) is 5.32 Å². The number of benzene rings is 3. The molecular weight excluding hydrogens is 382 g/mol. The first kappa shape index (κ1) is 17.7. The maximum absolute atomic E-state index is 13.6. The summed E-state index contributed by atoms with van der Waals surface area (Å²) in [6.07, 6.45) is 0. The number of nitrogens with one attached hydrogen (secondary N) is 1. The predicted octanol–water partition coefficient (Wildman–Crippen LogP) is 5.86. The van der Waals surface area contributed by atoms with E-state index in [2.05, 4.69) is 9.88 Å². The van der Waals surface area contributed by atoms with Crippen molar-refractivity contribution in [3.8, 4) is 0 Å². The molecule has 3 aromatic carbocycles. The maximum Gasteiger partial charge on any atom is 0.209 e. The fourth-order valence-corrected chi connectivity index (χ4v) is 4.23. The number of aromatic nitrogens is 2. The molecule has 1 aliphatic heterocycles. The molecule has 1 aromatic heterocycles. The van der Waals surface area contributed by atoms with Gasteiger partial charge in [-0.25, -0.2) is 4.98 Å². The van der Waals surface area contributed by atoms with Crippen LogP contribution in [0.4, 0.5) is 5.95 Å². The van der Waals surface area contributed by atoms with Crippen molar-refractivity contribution in [2.45, 2.75) is 13.0 Å². The first-order chi connectivity index (χ1) is 14.1. The van der Waals surface area contributed by atoms with Crippen LogP contribution in [0, 0.1) is 0 Å². The predicted molar refractivity (Wildman–Crippen MR) is 116 cm³/mol. The Labute approximate surface area is 173 Å². The molecule has 0 saturated carbocycles. The van der Waals surface area contributed by atoms with Crippen molar-refractivity contribution in [3.63, 3.8) is 0 Å². The van der Waals surface area contributed by atoms with Crippen LogP contribution in [0.1, 0.15) is 28.9 Å². The summed E-state index contributed by atoms with van der Waals surface area (Å²) in [7, 11) is 0. The number of anilines is 1. The average Bonchev–Trinajstić information content (AvgIpc) is 3.11. The molecule has 2 heterocycles. The van der Waals surface area contributed by atoms with Crippen LogP contribution < -0.4 is 5.32 Å². The van der Waals surface area contributed by atoms with Crippen LogP contribution in [0.5, 0.6) is 0 Å². The molecule has 5 heteroatoms. The van der Waals surface area contributed by atoms with Crippen molar-refractivity contribution in [1.29, 1.82) is 0 Å². The number of allylic oxidation sites excluding steroid dienone is 2. The minimum absolute atomic E-state index is 0.0241. The zero-order chi connectivity index (χ0) is 20.0. The van der Waals surface area contributed by atoms with Crippen LogP contribution in [0.2, 0.25) is 5.02 Å². The number of rotatable bonds is 3. The molecule has 1 atom stereocenters. The molecule has 0 amide bonds. The van der Waals surface area contributed by atoms with Crippen molar-refractivity contribution in [2.24, 2.45) is 0 Å². The van der Waals surface area contributed by atoms with Gasteiger partial charge in [0.2, 0.25) is 5.95 Å². The standard InChI is InChI=1S/C24H18ClN3O/c1-15-21(23(29)16-9-3-2-4-10-16)22(17-11-5-6-12-18(17)25)28-20-14-8-7-13-19(20)27-24(28)26-15/h2-14,22H,1H3,(H,26,27)/t22-/m1/s1. The number of nitrogens with zero attached hydrogens (tertiary/aromatic N) is 2. The van der Waals surface area contributed by atoms with Crippen LogP contribution in [-0.4, -0.2) is 15.3 Å². The molecule has 5 rings (SSSR count). The lowest BCUT2D eigenvalue weighted by Crippen LogP contribution is -2.28. The lowest BCUT2D eigenvalue weighted by Gasteiger charge is -2.31. The number of halogens is 1. The van der Waals surface area contributed by atoms with Crippen LogP contribution in [0.15, 0.2) is 90.1 Å². The van der Waals surface area contributed by atoms with E-state index in [1.807, 2.05) is 85.8 Å². The molecule has 4 nitrogen and oxygen atoms in total. The Morgan fingerprint density at radius 1 is 0.966 bits per heavy atom. The Bertz CT molecular complexity index is 1270. The van der Waals surface area contributed by atoms with Gasteiger partial charge >= 0.3 is 0 Å². The number of ketones is 1. The molecule has 0 fully saturated rings. The Kier molecular flexibility index (Phi) is 4.22. The highest BCUT2D eigenvalue weighted by Gasteiger charge is 2.35. The van der Waals surface area contributed by atoms with Crippen LogP contribution in [0.25, 0.3) is 11.0 Å². The molecule has 0 bridgehead atoms. The highest BCUT2D eigenvalue weighted by molar-refractivity contribution is 6.31. The van der Waals surface area contributed by atoms with Crippen molar-refractivity contribution in [3.05, 3.63) is 106 Å². The Morgan fingerprint density at radius 2 is 1.66 bits per heavy atom. The number of para-hydroxylation sites is 2. The zero-order valence-electron chi connectivity index (χ0n) is 15.8. The Hall–Kier alpha value is -3.37. The van der Waals surface area contributed by atoms with Gasteiger partial charge in [-0.2, -0.15) is 0 Å². The molecule has 1 aliphatic rings. The summed E-state index contributed by atoms with van der Waals surface area (Å²) in [5.74, 6) is 0.683. The second kappa shape index (κ2) is 6.90. The van der Waals surface area contributed by atoms with Crippen molar-refractivity contribution < 1.29 is 4.79 Å². The third-order valence-electron chi connectivity index (χ3n) is 5.31. The second-order valence-corrected chi connectivity index (χ2v) is 7.48. The fourth-order valence-electron chi connectivity index (χ4n) is 3.99. The molecule has 4 aromatic rings. The fraction of sp³-hybridized carbons (Fsp3) is 0.0833. The van der Waals surface area contributed by atoms with Gasteiger partial charge < -0.3 is 5.32 Å². The summed E-state index contributed by atoms with van der Waals surface area (Å²) < 4.78 is 2.07. The molecule has 0 spiro atoms. The summed E-state index contributed by atoms with van der Waals surface area (Å²) in [5, 5.41) is 3.96. The molecule has 29 heavy (non-hydrogen) atoms. The van der Waals surface area contributed by atoms with Gasteiger partial charge in [-0.15, -0.1) is 0 Å². The van der Waals surface area contributed by atoms with E-state index in [0.717, 1.165) is 22.3 Å². The lowest BCUT2D eigenvalue weighted by molar-refractivity contribution is 0.102. The van der Waals surface area contributed by atoms with Crippen LogP contribution in [0.3, 0.4) is 0 Å². The topological polar surface area (TPSA) is 46.9 Å².